The van der Waals surface area contributed by atoms with Gasteiger partial charge >= 0.3 is 6.03 Å². The first-order chi connectivity index (χ1) is 9.54. The molecular weight excluding hydrogens is 266 g/mol. The van der Waals surface area contributed by atoms with E-state index in [4.69, 9.17) is 0 Å². The number of carbonyl (C=O) groups excluding carboxylic acids is 1. The number of rotatable bonds is 1. The number of nitrogens with zero attached hydrogens (tertiary/aromatic N) is 1. The Morgan fingerprint density at radius 2 is 1.90 bits per heavy atom. The van der Waals surface area contributed by atoms with Gasteiger partial charge in [-0.1, -0.05) is 0 Å². The fraction of sp³-hybridized carbons (Fsp3) is 0.500. The first kappa shape index (κ1) is 13.3. The van der Waals surface area contributed by atoms with Gasteiger partial charge in [-0.15, -0.1) is 0 Å². The van der Waals surface area contributed by atoms with Crippen LogP contribution in [0.15, 0.2) is 18.2 Å². The summed E-state index contributed by atoms with van der Waals surface area (Å²) in [7, 11) is 0. The Labute approximate surface area is 115 Å². The quantitative estimate of drug-likeness (QED) is 0.831. The number of aliphatic hydroxyl groups is 1. The lowest BCUT2D eigenvalue weighted by Crippen LogP contribution is -2.49. The van der Waals surface area contributed by atoms with E-state index in [9.17, 15) is 18.7 Å². The van der Waals surface area contributed by atoms with E-state index >= 15 is 0 Å². The minimum Gasteiger partial charge on any atom is -0.393 e. The molecule has 2 N–H and O–H groups in total. The minimum absolute atomic E-state index is 0.00672. The van der Waals surface area contributed by atoms with Crippen LogP contribution in [0.2, 0.25) is 0 Å². The molecule has 2 saturated heterocycles. The topological polar surface area (TPSA) is 52.6 Å². The molecule has 2 amide bonds. The number of aliphatic hydroxyl groups excluding tert-OH is 1. The Balaban J connectivity index is 1.74. The summed E-state index contributed by atoms with van der Waals surface area (Å²) in [6, 6.07) is 2.69. The Morgan fingerprint density at radius 3 is 2.50 bits per heavy atom. The van der Waals surface area contributed by atoms with E-state index < -0.39 is 11.6 Å². The van der Waals surface area contributed by atoms with Crippen LogP contribution in [0.3, 0.4) is 0 Å². The molecule has 2 unspecified atom stereocenters. The molecule has 3 rings (SSSR count). The number of anilines is 1. The molecule has 2 aliphatic rings. The summed E-state index contributed by atoms with van der Waals surface area (Å²) in [5, 5.41) is 12.2. The van der Waals surface area contributed by atoms with Gasteiger partial charge in [0.1, 0.15) is 11.6 Å². The lowest BCUT2D eigenvalue weighted by Gasteiger charge is -2.37. The summed E-state index contributed by atoms with van der Waals surface area (Å²) in [5.41, 5.74) is -0.0260. The zero-order valence-electron chi connectivity index (χ0n) is 10.9. The van der Waals surface area contributed by atoms with Crippen LogP contribution in [0.5, 0.6) is 0 Å². The van der Waals surface area contributed by atoms with Gasteiger partial charge in [-0.25, -0.2) is 13.6 Å². The standard InChI is InChI=1S/C14H16F2N2O2/c15-8-1-4-13(12(16)5-8)17-14(20)18-9-2-3-10(18)7-11(19)6-9/h1,4-5,9-11,19H,2-3,6-7H2,(H,17,20). The van der Waals surface area contributed by atoms with Gasteiger partial charge in [0.25, 0.3) is 0 Å². The second kappa shape index (κ2) is 5.01. The van der Waals surface area contributed by atoms with Gasteiger partial charge in [-0.05, 0) is 37.8 Å². The van der Waals surface area contributed by atoms with Gasteiger partial charge in [0.05, 0.1) is 11.8 Å². The van der Waals surface area contributed by atoms with Crippen LogP contribution in [0.1, 0.15) is 25.7 Å². The van der Waals surface area contributed by atoms with Crippen molar-refractivity contribution in [3.8, 4) is 0 Å². The number of amides is 2. The molecule has 1 aromatic rings. The van der Waals surface area contributed by atoms with E-state index in [1.807, 2.05) is 0 Å². The van der Waals surface area contributed by atoms with Crippen LogP contribution in [0.4, 0.5) is 19.3 Å². The van der Waals surface area contributed by atoms with Crippen LogP contribution in [-0.2, 0) is 0 Å². The lowest BCUT2D eigenvalue weighted by atomic mass is 10.0. The summed E-state index contributed by atoms with van der Waals surface area (Å²) in [5.74, 6) is -1.47. The highest BCUT2D eigenvalue weighted by atomic mass is 19.1. The number of hydrogen-bond donors (Lipinski definition) is 2. The Kier molecular flexibility index (Phi) is 3.33. The van der Waals surface area contributed by atoms with E-state index in [0.29, 0.717) is 12.8 Å². The van der Waals surface area contributed by atoms with Crippen molar-refractivity contribution in [1.82, 2.24) is 4.90 Å². The second-order valence-corrected chi connectivity index (χ2v) is 5.47. The molecule has 1 aromatic carbocycles. The van der Waals surface area contributed by atoms with Gasteiger partial charge in [-0.2, -0.15) is 0 Å². The molecule has 2 aliphatic heterocycles. The van der Waals surface area contributed by atoms with Crippen molar-refractivity contribution in [2.75, 3.05) is 5.32 Å². The largest absolute Gasteiger partial charge is 0.393 e. The molecule has 0 aliphatic carbocycles. The molecule has 20 heavy (non-hydrogen) atoms. The number of halogens is 2. The van der Waals surface area contributed by atoms with Gasteiger partial charge < -0.3 is 15.3 Å². The normalized spacial score (nSPS) is 28.6. The van der Waals surface area contributed by atoms with Crippen LogP contribution >= 0.6 is 0 Å². The molecule has 0 radical (unpaired) electrons. The fourth-order valence-corrected chi connectivity index (χ4v) is 3.25. The highest BCUT2D eigenvalue weighted by Gasteiger charge is 2.42. The highest BCUT2D eigenvalue weighted by Crippen LogP contribution is 2.36. The summed E-state index contributed by atoms with van der Waals surface area (Å²) in [6.07, 6.45) is 2.49. The van der Waals surface area contributed by atoms with Crippen LogP contribution in [-0.4, -0.2) is 34.2 Å². The Hall–Kier alpha value is -1.69. The zero-order chi connectivity index (χ0) is 14.3. The maximum atomic E-state index is 13.5. The third-order valence-electron chi connectivity index (χ3n) is 4.12. The van der Waals surface area contributed by atoms with Gasteiger partial charge in [0.15, 0.2) is 0 Å². The van der Waals surface area contributed by atoms with Gasteiger partial charge in [-0.3, -0.25) is 0 Å². The third kappa shape index (κ3) is 2.35. The van der Waals surface area contributed by atoms with Crippen molar-refractivity contribution in [1.29, 1.82) is 0 Å². The predicted molar refractivity (Wildman–Crippen MR) is 69.3 cm³/mol. The monoisotopic (exact) mass is 282 g/mol. The van der Waals surface area contributed by atoms with E-state index in [-0.39, 0.29) is 29.9 Å². The summed E-state index contributed by atoms with van der Waals surface area (Å²) in [6.45, 7) is 0. The molecule has 2 atom stereocenters. The van der Waals surface area contributed by atoms with Crippen molar-refractivity contribution < 1.29 is 18.7 Å². The van der Waals surface area contributed by atoms with Crippen LogP contribution < -0.4 is 5.32 Å². The van der Waals surface area contributed by atoms with Crippen molar-refractivity contribution in [2.24, 2.45) is 0 Å². The third-order valence-corrected chi connectivity index (χ3v) is 4.12. The molecule has 108 valence electrons. The summed E-state index contributed by atoms with van der Waals surface area (Å²) < 4.78 is 26.4. The fourth-order valence-electron chi connectivity index (χ4n) is 3.25. The van der Waals surface area contributed by atoms with Crippen molar-refractivity contribution in [3.63, 3.8) is 0 Å². The minimum atomic E-state index is -0.789. The van der Waals surface area contributed by atoms with Crippen molar-refractivity contribution >= 4 is 11.7 Å². The molecule has 0 spiro atoms. The first-order valence-electron chi connectivity index (χ1n) is 6.77. The summed E-state index contributed by atoms with van der Waals surface area (Å²) >= 11 is 0. The maximum absolute atomic E-state index is 13.5. The number of benzene rings is 1. The van der Waals surface area contributed by atoms with Crippen molar-refractivity contribution in [3.05, 3.63) is 29.8 Å². The maximum Gasteiger partial charge on any atom is 0.322 e. The Bertz CT molecular complexity index is 524. The average Bonchev–Trinajstić information content (AvgIpc) is 2.65. The van der Waals surface area contributed by atoms with E-state index in [1.165, 1.54) is 6.07 Å². The molecule has 0 aromatic heterocycles. The number of urea groups is 1. The molecule has 4 nitrogen and oxygen atoms in total. The van der Waals surface area contributed by atoms with Crippen LogP contribution in [0.25, 0.3) is 0 Å². The molecular formula is C14H16F2N2O2. The zero-order valence-corrected chi connectivity index (χ0v) is 10.9. The second-order valence-electron chi connectivity index (χ2n) is 5.47. The Morgan fingerprint density at radius 1 is 1.25 bits per heavy atom. The SMILES string of the molecule is O=C(Nc1ccc(F)cc1F)N1C2CCC1CC(O)C2. The number of carbonyl (C=O) groups is 1. The molecule has 0 saturated carbocycles. The van der Waals surface area contributed by atoms with E-state index in [1.54, 1.807) is 4.90 Å². The van der Waals surface area contributed by atoms with E-state index in [0.717, 1.165) is 25.0 Å². The van der Waals surface area contributed by atoms with Gasteiger partial charge in [0.2, 0.25) is 0 Å². The number of piperidine rings is 1. The molecule has 2 bridgehead atoms. The predicted octanol–water partition coefficient (Wildman–Crippen LogP) is 2.48. The summed E-state index contributed by atoms with van der Waals surface area (Å²) in [4.78, 5) is 13.9. The molecule has 6 heteroatoms. The number of hydrogen-bond acceptors (Lipinski definition) is 2. The molecule has 2 heterocycles. The van der Waals surface area contributed by atoms with E-state index in [2.05, 4.69) is 5.32 Å². The smallest absolute Gasteiger partial charge is 0.322 e. The lowest BCUT2D eigenvalue weighted by molar-refractivity contribution is 0.0580. The number of fused-ring (bicyclic) bond motifs is 2. The number of nitrogens with one attached hydrogen (secondary N) is 1. The first-order valence-corrected chi connectivity index (χ1v) is 6.77. The van der Waals surface area contributed by atoms with Crippen LogP contribution in [0, 0.1) is 11.6 Å². The highest BCUT2D eigenvalue weighted by molar-refractivity contribution is 5.90. The van der Waals surface area contributed by atoms with Gasteiger partial charge in [0, 0.05) is 18.2 Å². The van der Waals surface area contributed by atoms with Crippen molar-refractivity contribution in [2.45, 2.75) is 43.9 Å². The molecule has 2 fully saturated rings. The average molecular weight is 282 g/mol.